The molecular formula is C28H39FN4O3. The molecule has 0 unspecified atom stereocenters. The van der Waals surface area contributed by atoms with E-state index in [1.54, 1.807) is 26.3 Å². The maximum atomic E-state index is 14.7. The number of nitrogens with one attached hydrogen (secondary N) is 3. The van der Waals surface area contributed by atoms with Crippen LogP contribution in [0.15, 0.2) is 41.4 Å². The smallest absolute Gasteiger partial charge is 0.140 e. The molecular weight excluding hydrogens is 459 g/mol. The van der Waals surface area contributed by atoms with Gasteiger partial charge in [0.2, 0.25) is 0 Å². The molecule has 1 saturated carbocycles. The molecule has 0 atom stereocenters. The largest absolute Gasteiger partial charge is 0.491 e. The minimum atomic E-state index is -0.454. The second-order valence-corrected chi connectivity index (χ2v) is 9.31. The zero-order valence-corrected chi connectivity index (χ0v) is 22.0. The molecule has 1 aliphatic rings. The van der Waals surface area contributed by atoms with Gasteiger partial charge in [-0.05, 0) is 60.7 Å². The van der Waals surface area contributed by atoms with Crippen molar-refractivity contribution in [1.82, 2.24) is 5.32 Å². The minimum Gasteiger partial charge on any atom is -0.491 e. The highest BCUT2D eigenvalue weighted by Gasteiger charge is 2.35. The van der Waals surface area contributed by atoms with Crippen LogP contribution >= 0.6 is 0 Å². The highest BCUT2D eigenvalue weighted by molar-refractivity contribution is 5.72. The second kappa shape index (κ2) is 14.4. The van der Waals surface area contributed by atoms with Crippen molar-refractivity contribution in [2.45, 2.75) is 39.7 Å². The highest BCUT2D eigenvalue weighted by Crippen LogP contribution is 2.39. The van der Waals surface area contributed by atoms with Crippen LogP contribution < -0.4 is 31.1 Å². The number of carbonyl (C=O) groups is 1. The van der Waals surface area contributed by atoms with E-state index in [0.29, 0.717) is 53.2 Å². The number of methoxy groups -OCH3 is 1. The van der Waals surface area contributed by atoms with Crippen LogP contribution in [0.5, 0.6) is 5.75 Å². The summed E-state index contributed by atoms with van der Waals surface area (Å²) in [6.45, 7) is 11.5. The summed E-state index contributed by atoms with van der Waals surface area (Å²) in [5.74, 6) is 0.340. The van der Waals surface area contributed by atoms with E-state index in [0.717, 1.165) is 17.7 Å². The summed E-state index contributed by atoms with van der Waals surface area (Å²) in [5, 5.41) is 10.1. The van der Waals surface area contributed by atoms with Crippen LogP contribution in [-0.2, 0) is 9.53 Å². The van der Waals surface area contributed by atoms with Gasteiger partial charge in [-0.2, -0.15) is 0 Å². The molecule has 0 aliphatic heterocycles. The first-order valence-corrected chi connectivity index (χ1v) is 12.1. The lowest BCUT2D eigenvalue weighted by Crippen LogP contribution is -2.46. The van der Waals surface area contributed by atoms with E-state index in [-0.39, 0.29) is 0 Å². The molecule has 0 radical (unpaired) electrons. The molecule has 196 valence electrons. The van der Waals surface area contributed by atoms with E-state index in [4.69, 9.17) is 9.47 Å². The number of carbonyl (C=O) groups excluding carboxylic acids is 1. The standard InChI is InChI=1S/C20H24FN3O2.C8H15NO/c1-5-23-20(24-16-8-6-15(22-3)7-9-16)19-14(2)12-17(13-18(19)21)26-11-10-25-4;1-8(2)5-7(6-8)9-3-4-10/h5-9,12-13,22,24H,2,10-11H2,1,3-4H3;4,7,9H,3,5-6H2,1-2H3/b20-19-,23-5-;. The van der Waals surface area contributed by atoms with E-state index in [2.05, 4.69) is 41.4 Å². The Labute approximate surface area is 213 Å². The molecule has 3 N–H and O–H groups in total. The van der Waals surface area contributed by atoms with E-state index < -0.39 is 5.82 Å². The highest BCUT2D eigenvalue weighted by atomic mass is 19.1. The molecule has 0 bridgehead atoms. The van der Waals surface area contributed by atoms with Crippen molar-refractivity contribution >= 4 is 36.3 Å². The number of aliphatic imine (C=N–C) groups is 1. The number of halogens is 1. The lowest BCUT2D eigenvalue weighted by atomic mass is 9.68. The Kier molecular flexibility index (Phi) is 11.6. The number of aldehydes is 1. The number of hydrogen-bond acceptors (Lipinski definition) is 7. The fraction of sp³-hybridized carbons (Fsp3) is 0.429. The van der Waals surface area contributed by atoms with E-state index in [9.17, 15) is 9.18 Å². The Morgan fingerprint density at radius 1 is 1.19 bits per heavy atom. The van der Waals surface area contributed by atoms with Crippen molar-refractivity contribution in [1.29, 1.82) is 0 Å². The monoisotopic (exact) mass is 498 g/mol. The van der Waals surface area contributed by atoms with Crippen molar-refractivity contribution in [2.24, 2.45) is 10.4 Å². The van der Waals surface area contributed by atoms with Gasteiger partial charge in [-0.1, -0.05) is 20.4 Å². The Morgan fingerprint density at radius 2 is 1.86 bits per heavy atom. The summed E-state index contributed by atoms with van der Waals surface area (Å²) in [7, 11) is 3.43. The summed E-state index contributed by atoms with van der Waals surface area (Å²) >= 11 is 0. The van der Waals surface area contributed by atoms with Gasteiger partial charge in [0.25, 0.3) is 0 Å². The van der Waals surface area contributed by atoms with Crippen LogP contribution in [0.1, 0.15) is 33.6 Å². The predicted molar refractivity (Wildman–Crippen MR) is 147 cm³/mol. The third kappa shape index (κ3) is 9.09. The summed E-state index contributed by atoms with van der Waals surface area (Å²) in [6.07, 6.45) is 4.94. The van der Waals surface area contributed by atoms with Crippen LogP contribution in [0, 0.1) is 11.2 Å². The quantitative estimate of drug-likeness (QED) is 0.250. The summed E-state index contributed by atoms with van der Waals surface area (Å²) < 4.78 is 25.1. The molecule has 7 nitrogen and oxygen atoms in total. The van der Waals surface area contributed by atoms with Crippen molar-refractivity contribution < 1.29 is 18.7 Å². The van der Waals surface area contributed by atoms with Crippen LogP contribution in [-0.4, -0.2) is 52.5 Å². The lowest BCUT2D eigenvalue weighted by Gasteiger charge is -2.42. The number of ether oxygens (including phenoxy) is 2. The van der Waals surface area contributed by atoms with Gasteiger partial charge in [0.15, 0.2) is 0 Å². The van der Waals surface area contributed by atoms with Crippen LogP contribution in [0.4, 0.5) is 15.8 Å². The van der Waals surface area contributed by atoms with Gasteiger partial charge in [0.1, 0.15) is 30.3 Å². The normalized spacial score (nSPS) is 15.4. The van der Waals surface area contributed by atoms with E-state index in [1.165, 1.54) is 18.9 Å². The second-order valence-electron chi connectivity index (χ2n) is 9.31. The fourth-order valence-corrected chi connectivity index (χ4v) is 4.01. The van der Waals surface area contributed by atoms with E-state index in [1.807, 2.05) is 31.3 Å². The molecule has 0 heterocycles. The molecule has 0 saturated heterocycles. The van der Waals surface area contributed by atoms with Crippen LogP contribution in [0.25, 0.3) is 12.4 Å². The number of benzene rings is 2. The molecule has 0 aromatic heterocycles. The summed E-state index contributed by atoms with van der Waals surface area (Å²) in [5.41, 5.74) is 2.29. The minimum absolute atomic E-state index is 0.305. The van der Waals surface area contributed by atoms with Crippen LogP contribution in [0.2, 0.25) is 0 Å². The zero-order chi connectivity index (χ0) is 26.6. The van der Waals surface area contributed by atoms with Gasteiger partial charge in [-0.15, -0.1) is 0 Å². The maximum absolute atomic E-state index is 14.7. The molecule has 36 heavy (non-hydrogen) atoms. The van der Waals surface area contributed by atoms with Gasteiger partial charge in [-0.3, -0.25) is 0 Å². The number of nitrogens with zero attached hydrogens (tertiary/aromatic N) is 1. The maximum Gasteiger partial charge on any atom is 0.140 e. The molecule has 8 heteroatoms. The topological polar surface area (TPSA) is 84.0 Å². The molecule has 0 spiro atoms. The van der Waals surface area contributed by atoms with Crippen molar-refractivity contribution in [3.05, 3.63) is 52.7 Å². The Balaban J connectivity index is 0.000000380. The first-order valence-electron chi connectivity index (χ1n) is 12.1. The molecule has 2 aromatic carbocycles. The number of hydrogen-bond donors (Lipinski definition) is 3. The molecule has 1 fully saturated rings. The average molecular weight is 499 g/mol. The third-order valence-corrected chi connectivity index (χ3v) is 5.72. The molecule has 0 amide bonds. The van der Waals surface area contributed by atoms with Gasteiger partial charge in [-0.25, -0.2) is 9.38 Å². The average Bonchev–Trinajstić information content (AvgIpc) is 2.82. The summed E-state index contributed by atoms with van der Waals surface area (Å²) in [4.78, 5) is 14.2. The van der Waals surface area contributed by atoms with Crippen molar-refractivity contribution in [3.63, 3.8) is 0 Å². The first kappa shape index (κ1) is 29.0. The Hall–Kier alpha value is -3.23. The fourth-order valence-electron chi connectivity index (χ4n) is 4.01. The predicted octanol–water partition coefficient (Wildman–Crippen LogP) is 3.53. The van der Waals surface area contributed by atoms with Gasteiger partial charge in [0, 0.05) is 43.9 Å². The molecule has 2 aromatic rings. The molecule has 3 rings (SSSR count). The Morgan fingerprint density at radius 3 is 2.39 bits per heavy atom. The first-order chi connectivity index (χ1) is 17.2. The summed E-state index contributed by atoms with van der Waals surface area (Å²) in [6, 6.07) is 11.2. The van der Waals surface area contributed by atoms with Gasteiger partial charge >= 0.3 is 0 Å². The Bertz CT molecular complexity index is 1110. The van der Waals surface area contributed by atoms with E-state index >= 15 is 0 Å². The lowest BCUT2D eigenvalue weighted by molar-refractivity contribution is -0.107. The zero-order valence-electron chi connectivity index (χ0n) is 22.0. The number of anilines is 2. The molecule has 1 aliphatic carbocycles. The SMILES string of the molecule is C=c1cc(OCCOC)cc(F)/c1=C(/N=C\C)Nc1ccc(NC)cc1.CC1(C)CC(NCC=O)C1. The third-order valence-electron chi connectivity index (χ3n) is 5.72. The number of rotatable bonds is 11. The van der Waals surface area contributed by atoms with Gasteiger partial charge in [0.05, 0.1) is 18.4 Å². The van der Waals surface area contributed by atoms with Crippen molar-refractivity contribution in [2.75, 3.05) is 44.5 Å². The van der Waals surface area contributed by atoms with Crippen molar-refractivity contribution in [3.8, 4) is 5.75 Å². The van der Waals surface area contributed by atoms with Crippen LogP contribution in [0.3, 0.4) is 0 Å². The van der Waals surface area contributed by atoms with Gasteiger partial charge < -0.3 is 30.2 Å².